The van der Waals surface area contributed by atoms with Crippen molar-refractivity contribution in [2.75, 3.05) is 13.1 Å². The van der Waals surface area contributed by atoms with Gasteiger partial charge in [-0.1, -0.05) is 0 Å². The lowest BCUT2D eigenvalue weighted by atomic mass is 10.2. The SMILES string of the molecule is N#Cc1cc([N+](=O)[O-])cn(CC(=O)N2CCCC2)c1=O. The highest BCUT2D eigenvalue weighted by Gasteiger charge is 2.20. The molecule has 1 fully saturated rings. The molecular weight excluding hydrogens is 264 g/mol. The monoisotopic (exact) mass is 276 g/mol. The van der Waals surface area contributed by atoms with E-state index >= 15 is 0 Å². The standard InChI is InChI=1S/C12H12N4O4/c13-6-9-5-10(16(19)20)7-15(12(9)18)8-11(17)14-3-1-2-4-14/h5,7H,1-4,8H2. The van der Waals surface area contributed by atoms with Crippen molar-refractivity contribution in [2.45, 2.75) is 19.4 Å². The largest absolute Gasteiger partial charge is 0.341 e. The fourth-order valence-electron chi connectivity index (χ4n) is 2.13. The predicted octanol–water partition coefficient (Wildman–Crippen LogP) is 0.251. The third kappa shape index (κ3) is 2.66. The fraction of sp³-hybridized carbons (Fsp3) is 0.417. The molecule has 0 aromatic carbocycles. The Bertz CT molecular complexity index is 652. The molecule has 0 N–H and O–H groups in total. The van der Waals surface area contributed by atoms with Crippen molar-refractivity contribution in [1.29, 1.82) is 5.26 Å². The van der Waals surface area contributed by atoms with E-state index in [0.29, 0.717) is 13.1 Å². The molecule has 20 heavy (non-hydrogen) atoms. The molecule has 2 heterocycles. The second kappa shape index (κ2) is 5.52. The lowest BCUT2D eigenvalue weighted by Gasteiger charge is -2.15. The molecule has 2 rings (SSSR count). The van der Waals surface area contributed by atoms with Crippen LogP contribution in [-0.4, -0.2) is 33.4 Å². The van der Waals surface area contributed by atoms with E-state index in [1.54, 1.807) is 11.0 Å². The summed E-state index contributed by atoms with van der Waals surface area (Å²) < 4.78 is 0.928. The van der Waals surface area contributed by atoms with Crippen LogP contribution in [0.25, 0.3) is 0 Å². The van der Waals surface area contributed by atoms with Crippen LogP contribution in [0.1, 0.15) is 18.4 Å². The van der Waals surface area contributed by atoms with Crippen molar-refractivity contribution in [2.24, 2.45) is 0 Å². The molecule has 1 aliphatic rings. The molecule has 0 atom stereocenters. The second-order valence-electron chi connectivity index (χ2n) is 4.50. The maximum atomic E-state index is 12.0. The first-order valence-corrected chi connectivity index (χ1v) is 6.09. The zero-order valence-corrected chi connectivity index (χ0v) is 10.6. The third-order valence-corrected chi connectivity index (χ3v) is 3.17. The highest BCUT2D eigenvalue weighted by atomic mass is 16.6. The molecule has 0 bridgehead atoms. The van der Waals surface area contributed by atoms with Gasteiger partial charge in [-0.15, -0.1) is 0 Å². The number of amides is 1. The highest BCUT2D eigenvalue weighted by molar-refractivity contribution is 5.76. The maximum absolute atomic E-state index is 12.0. The van der Waals surface area contributed by atoms with Crippen LogP contribution < -0.4 is 5.56 Å². The van der Waals surface area contributed by atoms with Crippen LogP contribution in [0, 0.1) is 21.4 Å². The zero-order valence-electron chi connectivity index (χ0n) is 10.6. The van der Waals surface area contributed by atoms with E-state index in [2.05, 4.69) is 0 Å². The first kappa shape index (κ1) is 13.7. The van der Waals surface area contributed by atoms with Crippen molar-refractivity contribution < 1.29 is 9.72 Å². The van der Waals surface area contributed by atoms with Crippen molar-refractivity contribution in [3.8, 4) is 6.07 Å². The average Bonchev–Trinajstić information content (AvgIpc) is 2.94. The average molecular weight is 276 g/mol. The number of likely N-dealkylation sites (tertiary alicyclic amines) is 1. The molecule has 8 heteroatoms. The summed E-state index contributed by atoms with van der Waals surface area (Å²) in [5.74, 6) is -0.269. The fourth-order valence-corrected chi connectivity index (χ4v) is 2.13. The van der Waals surface area contributed by atoms with E-state index < -0.39 is 10.5 Å². The number of carbonyl (C=O) groups is 1. The quantitative estimate of drug-likeness (QED) is 0.580. The van der Waals surface area contributed by atoms with Gasteiger partial charge in [-0.25, -0.2) is 0 Å². The van der Waals surface area contributed by atoms with Crippen molar-refractivity contribution in [3.05, 3.63) is 38.3 Å². The normalized spacial score (nSPS) is 14.1. The van der Waals surface area contributed by atoms with E-state index in [-0.39, 0.29) is 23.7 Å². The van der Waals surface area contributed by atoms with Gasteiger partial charge in [0.2, 0.25) is 5.91 Å². The molecule has 1 aromatic heterocycles. The molecule has 0 saturated carbocycles. The summed E-state index contributed by atoms with van der Waals surface area (Å²) in [6.07, 6.45) is 2.83. The van der Waals surface area contributed by atoms with E-state index in [4.69, 9.17) is 5.26 Å². The van der Waals surface area contributed by atoms with Crippen LogP contribution in [0.15, 0.2) is 17.1 Å². The summed E-state index contributed by atoms with van der Waals surface area (Å²) in [5, 5.41) is 19.6. The lowest BCUT2D eigenvalue weighted by molar-refractivity contribution is -0.385. The van der Waals surface area contributed by atoms with Crippen molar-refractivity contribution in [1.82, 2.24) is 9.47 Å². The number of nitriles is 1. The molecule has 1 saturated heterocycles. The summed E-state index contributed by atoms with van der Waals surface area (Å²) in [6.45, 7) is 0.983. The van der Waals surface area contributed by atoms with Gasteiger partial charge in [0.15, 0.2) is 0 Å². The number of nitro groups is 1. The molecule has 104 valence electrons. The Morgan fingerprint density at radius 3 is 2.65 bits per heavy atom. The highest BCUT2D eigenvalue weighted by Crippen LogP contribution is 2.11. The van der Waals surface area contributed by atoms with E-state index in [9.17, 15) is 19.7 Å². The van der Waals surface area contributed by atoms with Gasteiger partial charge >= 0.3 is 0 Å². The van der Waals surface area contributed by atoms with Crippen LogP contribution >= 0.6 is 0 Å². The van der Waals surface area contributed by atoms with Gasteiger partial charge in [0.1, 0.15) is 18.2 Å². The van der Waals surface area contributed by atoms with E-state index in [0.717, 1.165) is 29.7 Å². The summed E-state index contributed by atoms with van der Waals surface area (Å²) in [7, 11) is 0. The Morgan fingerprint density at radius 2 is 2.10 bits per heavy atom. The minimum Gasteiger partial charge on any atom is -0.341 e. The molecule has 1 aliphatic heterocycles. The van der Waals surface area contributed by atoms with Crippen LogP contribution in [0.3, 0.4) is 0 Å². The van der Waals surface area contributed by atoms with E-state index in [1.807, 2.05) is 0 Å². The smallest absolute Gasteiger partial charge is 0.287 e. The Labute approximate surface area is 114 Å². The number of hydrogen-bond donors (Lipinski definition) is 0. The Balaban J connectivity index is 2.33. The molecule has 1 aromatic rings. The zero-order chi connectivity index (χ0) is 14.7. The van der Waals surface area contributed by atoms with Gasteiger partial charge < -0.3 is 4.90 Å². The van der Waals surface area contributed by atoms with Gasteiger partial charge in [-0.3, -0.25) is 24.3 Å². The molecular formula is C12H12N4O4. The third-order valence-electron chi connectivity index (χ3n) is 3.17. The molecule has 0 unspecified atom stereocenters. The summed E-state index contributed by atoms with van der Waals surface area (Å²) in [4.78, 5) is 35.5. The summed E-state index contributed by atoms with van der Waals surface area (Å²) >= 11 is 0. The predicted molar refractivity (Wildman–Crippen MR) is 67.9 cm³/mol. The first-order valence-electron chi connectivity index (χ1n) is 6.09. The molecule has 1 amide bonds. The number of carbonyl (C=O) groups excluding carboxylic acids is 1. The molecule has 0 aliphatic carbocycles. The lowest BCUT2D eigenvalue weighted by Crippen LogP contribution is -2.35. The number of hydrogen-bond acceptors (Lipinski definition) is 5. The van der Waals surface area contributed by atoms with Gasteiger partial charge in [-0.2, -0.15) is 5.26 Å². The van der Waals surface area contributed by atoms with Gasteiger partial charge in [0.25, 0.3) is 11.2 Å². The van der Waals surface area contributed by atoms with Crippen molar-refractivity contribution >= 4 is 11.6 Å². The Kier molecular flexibility index (Phi) is 3.79. The van der Waals surface area contributed by atoms with Crippen LogP contribution in [0.2, 0.25) is 0 Å². The maximum Gasteiger partial charge on any atom is 0.287 e. The molecule has 0 radical (unpaired) electrons. The van der Waals surface area contributed by atoms with Crippen LogP contribution in [-0.2, 0) is 11.3 Å². The second-order valence-corrected chi connectivity index (χ2v) is 4.50. The van der Waals surface area contributed by atoms with Gasteiger partial charge in [0.05, 0.1) is 11.1 Å². The van der Waals surface area contributed by atoms with Crippen LogP contribution in [0.4, 0.5) is 5.69 Å². The minimum absolute atomic E-state index is 0.269. The molecule has 8 nitrogen and oxygen atoms in total. The number of pyridine rings is 1. The molecule has 0 spiro atoms. The van der Waals surface area contributed by atoms with Crippen molar-refractivity contribution in [3.63, 3.8) is 0 Å². The van der Waals surface area contributed by atoms with E-state index in [1.165, 1.54) is 0 Å². The number of nitrogens with zero attached hydrogens (tertiary/aromatic N) is 4. The summed E-state index contributed by atoms with van der Waals surface area (Å²) in [6, 6.07) is 2.53. The Hall–Kier alpha value is -2.69. The van der Waals surface area contributed by atoms with Gasteiger partial charge in [0, 0.05) is 19.2 Å². The first-order chi connectivity index (χ1) is 9.52. The topological polar surface area (TPSA) is 109 Å². The minimum atomic E-state index is -0.697. The van der Waals surface area contributed by atoms with Gasteiger partial charge in [-0.05, 0) is 12.8 Å². The number of aromatic nitrogens is 1. The van der Waals surface area contributed by atoms with Crippen LogP contribution in [0.5, 0.6) is 0 Å². The summed E-state index contributed by atoms with van der Waals surface area (Å²) in [5.41, 5.74) is -1.41. The number of rotatable bonds is 3. The Morgan fingerprint density at radius 1 is 1.45 bits per heavy atom.